The summed E-state index contributed by atoms with van der Waals surface area (Å²) in [5.74, 6) is -0.284. The van der Waals surface area contributed by atoms with E-state index in [2.05, 4.69) is 34.3 Å². The Morgan fingerprint density at radius 2 is 1.84 bits per heavy atom. The lowest BCUT2D eigenvalue weighted by molar-refractivity contribution is -0.132. The molecule has 1 atom stereocenters. The predicted octanol–water partition coefficient (Wildman–Crippen LogP) is 2.67. The number of likely N-dealkylation sites (tertiary alicyclic amines) is 1. The normalized spacial score (nSPS) is 18.3. The maximum Gasteiger partial charge on any atom is 0.225 e. The topological polar surface area (TPSA) is 94.1 Å². The van der Waals surface area contributed by atoms with Gasteiger partial charge in [-0.1, -0.05) is 54.6 Å². The number of nitrogens with zero attached hydrogens (tertiary/aromatic N) is 4. The van der Waals surface area contributed by atoms with Gasteiger partial charge < -0.3 is 10.6 Å². The van der Waals surface area contributed by atoms with Gasteiger partial charge in [-0.2, -0.15) is 5.10 Å². The van der Waals surface area contributed by atoms with Gasteiger partial charge in [-0.25, -0.2) is 4.98 Å². The highest BCUT2D eigenvalue weighted by atomic mass is 16.2. The molecular formula is C24H27N5O2. The third-order valence-corrected chi connectivity index (χ3v) is 6.10. The third-order valence-electron chi connectivity index (χ3n) is 6.10. The number of primary amides is 1. The summed E-state index contributed by atoms with van der Waals surface area (Å²) in [7, 11) is 0. The molecule has 2 aromatic carbocycles. The molecule has 160 valence electrons. The van der Waals surface area contributed by atoms with E-state index in [1.165, 1.54) is 6.33 Å². The lowest BCUT2D eigenvalue weighted by Gasteiger charge is -2.27. The summed E-state index contributed by atoms with van der Waals surface area (Å²) in [6.45, 7) is 1.57. The zero-order valence-corrected chi connectivity index (χ0v) is 17.5. The van der Waals surface area contributed by atoms with Crippen molar-refractivity contribution >= 4 is 11.8 Å². The van der Waals surface area contributed by atoms with Crippen LogP contribution in [0.2, 0.25) is 0 Å². The van der Waals surface area contributed by atoms with E-state index >= 15 is 0 Å². The number of hydrogen-bond donors (Lipinski definition) is 1. The predicted molar refractivity (Wildman–Crippen MR) is 118 cm³/mol. The van der Waals surface area contributed by atoms with Crippen molar-refractivity contribution in [2.75, 3.05) is 13.1 Å². The molecule has 2 amide bonds. The minimum absolute atomic E-state index is 0.0552. The fourth-order valence-electron chi connectivity index (χ4n) is 4.35. The number of nitrogens with two attached hydrogens (primary N) is 1. The molecule has 31 heavy (non-hydrogen) atoms. The summed E-state index contributed by atoms with van der Waals surface area (Å²) in [4.78, 5) is 31.0. The first kappa shape index (κ1) is 20.8. The average molecular weight is 418 g/mol. The molecule has 4 rings (SSSR count). The third kappa shape index (κ3) is 4.66. The first-order valence-electron chi connectivity index (χ1n) is 10.6. The highest BCUT2D eigenvalue weighted by Gasteiger charge is 2.44. The van der Waals surface area contributed by atoms with Crippen LogP contribution in [-0.4, -0.2) is 44.6 Å². The van der Waals surface area contributed by atoms with Crippen LogP contribution < -0.4 is 5.73 Å². The molecule has 0 spiro atoms. The average Bonchev–Trinajstić information content (AvgIpc) is 3.46. The molecule has 1 aromatic heterocycles. The largest absolute Gasteiger partial charge is 0.369 e. The van der Waals surface area contributed by atoms with E-state index in [0.717, 1.165) is 16.7 Å². The number of rotatable bonds is 8. The van der Waals surface area contributed by atoms with Gasteiger partial charge in [0.1, 0.15) is 12.7 Å². The Morgan fingerprint density at radius 1 is 1.06 bits per heavy atom. The summed E-state index contributed by atoms with van der Waals surface area (Å²) in [6.07, 6.45) is 5.32. The molecule has 0 bridgehead atoms. The number of aromatic nitrogens is 3. The Balaban J connectivity index is 1.46. The first-order valence-corrected chi connectivity index (χ1v) is 10.6. The summed E-state index contributed by atoms with van der Waals surface area (Å²) in [6, 6.07) is 18.2. The van der Waals surface area contributed by atoms with Crippen molar-refractivity contribution in [3.8, 4) is 11.1 Å². The highest BCUT2D eigenvalue weighted by molar-refractivity contribution is 5.85. The second-order valence-electron chi connectivity index (χ2n) is 8.17. The molecule has 2 heterocycles. The van der Waals surface area contributed by atoms with Crippen LogP contribution in [-0.2, 0) is 22.6 Å². The smallest absolute Gasteiger partial charge is 0.225 e. The molecule has 0 unspecified atom stereocenters. The van der Waals surface area contributed by atoms with Gasteiger partial charge in [0.05, 0.1) is 5.41 Å². The summed E-state index contributed by atoms with van der Waals surface area (Å²) in [5, 5.41) is 4.06. The van der Waals surface area contributed by atoms with Crippen molar-refractivity contribution in [3.05, 3.63) is 72.8 Å². The highest BCUT2D eigenvalue weighted by Crippen LogP contribution is 2.37. The molecule has 0 radical (unpaired) electrons. The molecule has 2 N–H and O–H groups in total. The lowest BCUT2D eigenvalue weighted by Crippen LogP contribution is -2.42. The Kier molecular flexibility index (Phi) is 6.11. The molecule has 7 heteroatoms. The minimum Gasteiger partial charge on any atom is -0.369 e. The van der Waals surface area contributed by atoms with Crippen molar-refractivity contribution in [1.82, 2.24) is 19.7 Å². The standard InChI is InChI=1S/C24H27N5O2/c25-23(31)24(15-20-9-4-5-10-21(20)19-7-2-1-3-8-19)12-14-28(16-24)22(30)11-6-13-29-18-26-17-27-29/h1-5,7-10,17-18H,6,11-16H2,(H2,25,31)/t24-/m1/s1. The molecule has 7 nitrogen and oxygen atoms in total. The molecule has 0 aliphatic carbocycles. The van der Waals surface area contributed by atoms with Gasteiger partial charge in [0.25, 0.3) is 0 Å². The maximum absolute atomic E-state index is 12.8. The van der Waals surface area contributed by atoms with Gasteiger partial charge in [-0.3, -0.25) is 14.3 Å². The van der Waals surface area contributed by atoms with Gasteiger partial charge in [0.2, 0.25) is 11.8 Å². The van der Waals surface area contributed by atoms with Crippen molar-refractivity contribution in [2.24, 2.45) is 11.1 Å². The second-order valence-corrected chi connectivity index (χ2v) is 8.17. The van der Waals surface area contributed by atoms with E-state index in [1.54, 1.807) is 15.9 Å². The second kappa shape index (κ2) is 9.12. The molecule has 1 saturated heterocycles. The molecule has 1 aliphatic rings. The van der Waals surface area contributed by atoms with Crippen LogP contribution in [0.25, 0.3) is 11.1 Å². The lowest BCUT2D eigenvalue weighted by atomic mass is 9.78. The van der Waals surface area contributed by atoms with Crippen molar-refractivity contribution < 1.29 is 9.59 Å². The molecule has 0 saturated carbocycles. The van der Waals surface area contributed by atoms with Crippen LogP contribution in [0.15, 0.2) is 67.3 Å². The van der Waals surface area contributed by atoms with Gasteiger partial charge in [0.15, 0.2) is 0 Å². The fourth-order valence-corrected chi connectivity index (χ4v) is 4.35. The van der Waals surface area contributed by atoms with Gasteiger partial charge in [-0.15, -0.1) is 0 Å². The monoisotopic (exact) mass is 417 g/mol. The SMILES string of the molecule is NC(=O)[C@@]1(Cc2ccccc2-c2ccccc2)CCN(C(=O)CCCn2cncn2)C1. The van der Waals surface area contributed by atoms with Gasteiger partial charge >= 0.3 is 0 Å². The van der Waals surface area contributed by atoms with Crippen molar-refractivity contribution in [2.45, 2.75) is 32.2 Å². The van der Waals surface area contributed by atoms with Crippen LogP contribution >= 0.6 is 0 Å². The fraction of sp³-hybridized carbons (Fsp3) is 0.333. The van der Waals surface area contributed by atoms with E-state index in [9.17, 15) is 9.59 Å². The Labute approximate surface area is 181 Å². The minimum atomic E-state index is -0.744. The Bertz CT molecular complexity index is 1040. The Morgan fingerprint density at radius 3 is 2.58 bits per heavy atom. The van der Waals surface area contributed by atoms with Crippen LogP contribution in [0.3, 0.4) is 0 Å². The van der Waals surface area contributed by atoms with E-state index < -0.39 is 5.41 Å². The van der Waals surface area contributed by atoms with E-state index in [1.807, 2.05) is 30.3 Å². The van der Waals surface area contributed by atoms with Crippen molar-refractivity contribution in [1.29, 1.82) is 0 Å². The maximum atomic E-state index is 12.8. The number of amides is 2. The van der Waals surface area contributed by atoms with Gasteiger partial charge in [0, 0.05) is 26.1 Å². The summed E-state index contributed by atoms with van der Waals surface area (Å²) >= 11 is 0. The van der Waals surface area contributed by atoms with Crippen LogP contribution in [0, 0.1) is 5.41 Å². The van der Waals surface area contributed by atoms with Crippen molar-refractivity contribution in [3.63, 3.8) is 0 Å². The van der Waals surface area contributed by atoms with E-state index in [4.69, 9.17) is 5.73 Å². The number of carbonyl (C=O) groups excluding carboxylic acids is 2. The number of hydrogen-bond acceptors (Lipinski definition) is 4. The number of carbonyl (C=O) groups is 2. The zero-order valence-electron chi connectivity index (χ0n) is 17.5. The zero-order chi connectivity index (χ0) is 21.7. The van der Waals surface area contributed by atoms with E-state index in [-0.39, 0.29) is 11.8 Å². The van der Waals surface area contributed by atoms with Crippen LogP contribution in [0.5, 0.6) is 0 Å². The van der Waals surface area contributed by atoms with Crippen LogP contribution in [0.4, 0.5) is 0 Å². The molecule has 1 aliphatic heterocycles. The molecule has 1 fully saturated rings. The summed E-state index contributed by atoms with van der Waals surface area (Å²) in [5.41, 5.74) is 8.44. The molecular weight excluding hydrogens is 390 g/mol. The van der Waals surface area contributed by atoms with Crippen LogP contribution in [0.1, 0.15) is 24.8 Å². The molecule has 3 aromatic rings. The number of aryl methyl sites for hydroxylation is 1. The first-order chi connectivity index (χ1) is 15.1. The number of benzene rings is 2. The Hall–Kier alpha value is -3.48. The summed E-state index contributed by atoms with van der Waals surface area (Å²) < 4.78 is 1.71. The quantitative estimate of drug-likeness (QED) is 0.610. The van der Waals surface area contributed by atoms with E-state index in [0.29, 0.717) is 45.3 Å². The van der Waals surface area contributed by atoms with Gasteiger partial charge in [-0.05, 0) is 36.0 Å².